The number of rotatable bonds is 7. The van der Waals surface area contributed by atoms with E-state index in [1.807, 2.05) is 50.2 Å². The van der Waals surface area contributed by atoms with Gasteiger partial charge in [-0.25, -0.2) is 9.79 Å². The van der Waals surface area contributed by atoms with Crippen LogP contribution in [0.5, 0.6) is 11.5 Å². The van der Waals surface area contributed by atoms with Crippen LogP contribution >= 0.6 is 50.1 Å². The molecule has 0 amide bonds. The predicted molar refractivity (Wildman–Crippen MR) is 146 cm³/mol. The Bertz CT molecular complexity index is 1320. The van der Waals surface area contributed by atoms with Crippen molar-refractivity contribution in [3.8, 4) is 11.5 Å². The zero-order valence-corrected chi connectivity index (χ0v) is 22.9. The Hall–Kier alpha value is -2.36. The molecule has 34 heavy (non-hydrogen) atoms. The molecular formula is C26H20BrClINO4. The van der Waals surface area contributed by atoms with E-state index < -0.39 is 5.97 Å². The number of nitrogens with zero attached hydrogens (tertiary/aromatic N) is 1. The van der Waals surface area contributed by atoms with Gasteiger partial charge < -0.3 is 14.2 Å². The summed E-state index contributed by atoms with van der Waals surface area (Å²) in [6.45, 7) is 4.70. The Labute approximate surface area is 225 Å². The number of halogens is 3. The molecule has 5 nitrogen and oxygen atoms in total. The van der Waals surface area contributed by atoms with Crippen molar-refractivity contribution in [1.82, 2.24) is 0 Å². The Morgan fingerprint density at radius 2 is 1.97 bits per heavy atom. The molecule has 0 saturated heterocycles. The van der Waals surface area contributed by atoms with E-state index in [1.54, 1.807) is 18.2 Å². The molecule has 4 rings (SSSR count). The number of carbonyl (C=O) groups is 1. The van der Waals surface area contributed by atoms with Crippen LogP contribution < -0.4 is 9.47 Å². The molecule has 174 valence electrons. The Balaban J connectivity index is 1.61. The fraction of sp³-hybridized carbons (Fsp3) is 0.154. The highest BCUT2D eigenvalue weighted by molar-refractivity contribution is 14.1. The van der Waals surface area contributed by atoms with Gasteiger partial charge in [-0.15, -0.1) is 0 Å². The van der Waals surface area contributed by atoms with Gasteiger partial charge in [0, 0.05) is 13.6 Å². The maximum atomic E-state index is 12.5. The van der Waals surface area contributed by atoms with Crippen molar-refractivity contribution in [3.63, 3.8) is 0 Å². The minimum Gasteiger partial charge on any atom is -0.490 e. The van der Waals surface area contributed by atoms with Crippen molar-refractivity contribution in [2.24, 2.45) is 4.99 Å². The largest absolute Gasteiger partial charge is 0.490 e. The zero-order valence-electron chi connectivity index (χ0n) is 18.4. The lowest BCUT2D eigenvalue weighted by molar-refractivity contribution is -0.129. The SMILES string of the molecule is CCOc1cc(/C=C2\N=C(c3ccc(I)c(Br)c3)OC2=O)cc(Cl)c1OCc1cccc(C)c1. The summed E-state index contributed by atoms with van der Waals surface area (Å²) in [7, 11) is 0. The van der Waals surface area contributed by atoms with Crippen LogP contribution in [0.2, 0.25) is 5.02 Å². The van der Waals surface area contributed by atoms with E-state index in [-0.39, 0.29) is 11.6 Å². The summed E-state index contributed by atoms with van der Waals surface area (Å²) in [5, 5.41) is 0.377. The maximum absolute atomic E-state index is 12.5. The number of cyclic esters (lactones) is 1. The molecule has 8 heteroatoms. The Morgan fingerprint density at radius 3 is 2.71 bits per heavy atom. The van der Waals surface area contributed by atoms with E-state index in [4.69, 9.17) is 25.8 Å². The van der Waals surface area contributed by atoms with Crippen molar-refractivity contribution in [1.29, 1.82) is 0 Å². The third kappa shape index (κ3) is 5.82. The van der Waals surface area contributed by atoms with Gasteiger partial charge in [0.15, 0.2) is 17.2 Å². The first-order chi connectivity index (χ1) is 16.3. The standard InChI is InChI=1S/C26H20BrClINO4/c1-3-32-23-12-17(10-20(28)24(23)33-14-16-6-4-5-15(2)9-16)11-22-26(31)34-25(30-22)18-7-8-21(29)19(27)13-18/h4-13H,3,14H2,1-2H3/b22-11-. The number of carbonyl (C=O) groups excluding carboxylic acids is 1. The molecule has 0 aliphatic carbocycles. The maximum Gasteiger partial charge on any atom is 0.363 e. The van der Waals surface area contributed by atoms with Gasteiger partial charge in [-0.1, -0.05) is 41.4 Å². The highest BCUT2D eigenvalue weighted by Crippen LogP contribution is 2.38. The van der Waals surface area contributed by atoms with Crippen LogP contribution in [0.25, 0.3) is 6.08 Å². The minimum absolute atomic E-state index is 0.177. The summed E-state index contributed by atoms with van der Waals surface area (Å²) in [4.78, 5) is 16.8. The molecular weight excluding hydrogens is 633 g/mol. The van der Waals surface area contributed by atoms with Gasteiger partial charge in [0.05, 0.1) is 11.6 Å². The minimum atomic E-state index is -0.529. The summed E-state index contributed by atoms with van der Waals surface area (Å²) in [6, 6.07) is 17.2. The topological polar surface area (TPSA) is 57.1 Å². The van der Waals surface area contributed by atoms with Gasteiger partial charge in [-0.2, -0.15) is 0 Å². The lowest BCUT2D eigenvalue weighted by Gasteiger charge is -2.15. The molecule has 0 bridgehead atoms. The van der Waals surface area contributed by atoms with Crippen LogP contribution in [0.1, 0.15) is 29.2 Å². The molecule has 0 unspecified atom stereocenters. The summed E-state index contributed by atoms with van der Waals surface area (Å²) in [5.74, 6) is 0.668. The van der Waals surface area contributed by atoms with Crippen LogP contribution in [-0.2, 0) is 16.1 Å². The van der Waals surface area contributed by atoms with Gasteiger partial charge in [0.1, 0.15) is 6.61 Å². The number of aliphatic imine (C=N–C) groups is 1. The van der Waals surface area contributed by atoms with E-state index in [9.17, 15) is 4.79 Å². The summed E-state index contributed by atoms with van der Waals surface area (Å²) < 4.78 is 19.1. The predicted octanol–water partition coefficient (Wildman–Crippen LogP) is 7.34. The molecule has 3 aromatic rings. The molecule has 0 fully saturated rings. The van der Waals surface area contributed by atoms with E-state index in [0.29, 0.717) is 40.9 Å². The molecule has 0 spiro atoms. The van der Waals surface area contributed by atoms with Crippen molar-refractivity contribution >= 4 is 68.1 Å². The third-order valence-electron chi connectivity index (χ3n) is 4.89. The molecule has 1 aliphatic rings. The molecule has 0 atom stereocenters. The van der Waals surface area contributed by atoms with Crippen molar-refractivity contribution in [3.05, 3.63) is 95.6 Å². The average molecular weight is 653 g/mol. The van der Waals surface area contributed by atoms with Gasteiger partial charge in [-0.05, 0) is 99.9 Å². The fourth-order valence-corrected chi connectivity index (χ4v) is 4.34. The first-order valence-corrected chi connectivity index (χ1v) is 12.7. The van der Waals surface area contributed by atoms with E-state index in [2.05, 4.69) is 49.6 Å². The van der Waals surface area contributed by atoms with Gasteiger partial charge in [0.2, 0.25) is 5.90 Å². The molecule has 0 saturated carbocycles. The lowest BCUT2D eigenvalue weighted by atomic mass is 10.1. The van der Waals surface area contributed by atoms with Crippen LogP contribution in [-0.4, -0.2) is 18.5 Å². The van der Waals surface area contributed by atoms with Crippen molar-refractivity contribution < 1.29 is 19.0 Å². The van der Waals surface area contributed by atoms with Crippen LogP contribution in [0.15, 0.2) is 69.8 Å². The second kappa shape index (κ2) is 10.9. The van der Waals surface area contributed by atoms with Gasteiger partial charge in [0.25, 0.3) is 0 Å². The van der Waals surface area contributed by atoms with Crippen molar-refractivity contribution in [2.75, 3.05) is 6.61 Å². The smallest absolute Gasteiger partial charge is 0.363 e. The number of benzene rings is 3. The summed E-state index contributed by atoms with van der Waals surface area (Å²) in [5.41, 5.74) is 3.72. The first kappa shape index (κ1) is 24.8. The average Bonchev–Trinajstić information content (AvgIpc) is 3.15. The first-order valence-electron chi connectivity index (χ1n) is 10.5. The number of ether oxygens (including phenoxy) is 3. The Kier molecular flexibility index (Phi) is 7.95. The monoisotopic (exact) mass is 651 g/mol. The third-order valence-corrected chi connectivity index (χ3v) is 7.51. The van der Waals surface area contributed by atoms with Crippen LogP contribution in [0.4, 0.5) is 0 Å². The fourth-order valence-electron chi connectivity index (χ4n) is 3.35. The number of aryl methyl sites for hydroxylation is 1. The molecule has 3 aromatic carbocycles. The highest BCUT2D eigenvalue weighted by Gasteiger charge is 2.25. The van der Waals surface area contributed by atoms with E-state index in [0.717, 1.165) is 19.2 Å². The normalized spacial score (nSPS) is 14.2. The lowest BCUT2D eigenvalue weighted by Crippen LogP contribution is -2.05. The molecule has 0 N–H and O–H groups in total. The quantitative estimate of drug-likeness (QED) is 0.152. The molecule has 0 aromatic heterocycles. The van der Waals surface area contributed by atoms with E-state index in [1.165, 1.54) is 0 Å². The van der Waals surface area contributed by atoms with E-state index >= 15 is 0 Å². The Morgan fingerprint density at radius 1 is 1.15 bits per heavy atom. The van der Waals surface area contributed by atoms with Gasteiger partial charge >= 0.3 is 5.97 Å². The second-order valence-electron chi connectivity index (χ2n) is 7.51. The summed E-state index contributed by atoms with van der Waals surface area (Å²) >= 11 is 12.3. The van der Waals surface area contributed by atoms with Crippen LogP contribution in [0, 0.1) is 10.5 Å². The van der Waals surface area contributed by atoms with Gasteiger partial charge in [-0.3, -0.25) is 0 Å². The zero-order chi connectivity index (χ0) is 24.2. The highest BCUT2D eigenvalue weighted by atomic mass is 127. The molecule has 1 heterocycles. The van der Waals surface area contributed by atoms with Crippen LogP contribution in [0.3, 0.4) is 0 Å². The number of esters is 1. The van der Waals surface area contributed by atoms with Crippen molar-refractivity contribution in [2.45, 2.75) is 20.5 Å². The molecule has 0 radical (unpaired) electrons. The molecule has 1 aliphatic heterocycles. The second-order valence-corrected chi connectivity index (χ2v) is 9.93. The number of hydrogen-bond acceptors (Lipinski definition) is 5. The summed E-state index contributed by atoms with van der Waals surface area (Å²) in [6.07, 6.45) is 1.62. The number of hydrogen-bond donors (Lipinski definition) is 0.